The Kier molecular flexibility index (Phi) is 7.28. The largest absolute Gasteiger partial charge is 0.469 e. The van der Waals surface area contributed by atoms with Crippen molar-refractivity contribution in [2.24, 2.45) is 0 Å². The van der Waals surface area contributed by atoms with E-state index in [1.807, 2.05) is 11.4 Å². The van der Waals surface area contributed by atoms with Gasteiger partial charge in [-0.05, 0) is 23.6 Å². The molecular formula is C18H17F2NO4S. The number of amides is 1. The van der Waals surface area contributed by atoms with Crippen molar-refractivity contribution >= 4 is 29.3 Å². The Morgan fingerprint density at radius 3 is 2.65 bits per heavy atom. The third kappa shape index (κ3) is 5.96. The summed E-state index contributed by atoms with van der Waals surface area (Å²) in [6.45, 7) is -2.96. The maximum atomic E-state index is 12.4. The smallest absolute Gasteiger partial charge is 0.387 e. The Balaban J connectivity index is 2.08. The Morgan fingerprint density at radius 1 is 1.23 bits per heavy atom. The molecule has 0 aliphatic carbocycles. The van der Waals surface area contributed by atoms with Gasteiger partial charge in [0, 0.05) is 16.5 Å². The number of para-hydroxylation sites is 1. The second-order valence-electron chi connectivity index (χ2n) is 5.11. The van der Waals surface area contributed by atoms with Crippen LogP contribution in [0.15, 0.2) is 47.9 Å². The maximum Gasteiger partial charge on any atom is 0.387 e. The highest BCUT2D eigenvalue weighted by molar-refractivity contribution is 7.10. The zero-order valence-corrected chi connectivity index (χ0v) is 14.7. The lowest BCUT2D eigenvalue weighted by Crippen LogP contribution is -2.28. The second-order valence-corrected chi connectivity index (χ2v) is 6.09. The zero-order chi connectivity index (χ0) is 18.9. The van der Waals surface area contributed by atoms with Gasteiger partial charge < -0.3 is 14.8 Å². The first-order valence-corrected chi connectivity index (χ1v) is 8.50. The number of esters is 1. The van der Waals surface area contributed by atoms with E-state index in [-0.39, 0.29) is 12.2 Å². The third-order valence-electron chi connectivity index (χ3n) is 3.35. The number of methoxy groups -OCH3 is 1. The molecule has 138 valence electrons. The van der Waals surface area contributed by atoms with Crippen LogP contribution in [0.4, 0.5) is 8.78 Å². The average Bonchev–Trinajstić information content (AvgIpc) is 3.14. The summed E-state index contributed by atoms with van der Waals surface area (Å²) in [5.74, 6) is -0.960. The highest BCUT2D eigenvalue weighted by atomic mass is 32.1. The molecule has 2 rings (SSSR count). The summed E-state index contributed by atoms with van der Waals surface area (Å²) in [7, 11) is 1.27. The molecular weight excluding hydrogens is 364 g/mol. The van der Waals surface area contributed by atoms with Crippen LogP contribution < -0.4 is 10.1 Å². The van der Waals surface area contributed by atoms with Gasteiger partial charge in [-0.15, -0.1) is 11.3 Å². The summed E-state index contributed by atoms with van der Waals surface area (Å²) in [5, 5.41) is 4.54. The average molecular weight is 381 g/mol. The number of hydrogen-bond acceptors (Lipinski definition) is 5. The Hall–Kier alpha value is -2.74. The van der Waals surface area contributed by atoms with Crippen molar-refractivity contribution in [2.75, 3.05) is 7.11 Å². The van der Waals surface area contributed by atoms with Crippen LogP contribution >= 0.6 is 11.3 Å². The number of carbonyl (C=O) groups is 2. The number of ether oxygens (including phenoxy) is 2. The zero-order valence-electron chi connectivity index (χ0n) is 13.9. The first-order valence-electron chi connectivity index (χ1n) is 7.62. The van der Waals surface area contributed by atoms with Crippen molar-refractivity contribution in [1.29, 1.82) is 0 Å². The lowest BCUT2D eigenvalue weighted by Gasteiger charge is -2.15. The number of carbonyl (C=O) groups excluding carboxylic acids is 2. The van der Waals surface area contributed by atoms with E-state index in [4.69, 9.17) is 0 Å². The number of rotatable bonds is 8. The molecule has 0 saturated heterocycles. The van der Waals surface area contributed by atoms with Crippen LogP contribution in [0.25, 0.3) is 6.08 Å². The minimum atomic E-state index is -2.96. The number of halogens is 2. The van der Waals surface area contributed by atoms with Gasteiger partial charge in [0.1, 0.15) is 5.75 Å². The van der Waals surface area contributed by atoms with Crippen molar-refractivity contribution < 1.29 is 27.8 Å². The van der Waals surface area contributed by atoms with Crippen LogP contribution in [0.2, 0.25) is 0 Å². The molecule has 0 aliphatic rings. The lowest BCUT2D eigenvalue weighted by molar-refractivity contribution is -0.141. The van der Waals surface area contributed by atoms with Crippen LogP contribution in [-0.2, 0) is 14.3 Å². The fourth-order valence-electron chi connectivity index (χ4n) is 2.17. The molecule has 0 spiro atoms. The predicted octanol–water partition coefficient (Wildman–Crippen LogP) is 3.78. The Morgan fingerprint density at radius 2 is 2.00 bits per heavy atom. The van der Waals surface area contributed by atoms with E-state index in [0.29, 0.717) is 5.56 Å². The van der Waals surface area contributed by atoms with Gasteiger partial charge in [0.15, 0.2) is 0 Å². The van der Waals surface area contributed by atoms with E-state index >= 15 is 0 Å². The first-order chi connectivity index (χ1) is 12.5. The summed E-state index contributed by atoms with van der Waals surface area (Å²) >= 11 is 1.40. The first kappa shape index (κ1) is 19.6. The van der Waals surface area contributed by atoms with Crippen molar-refractivity contribution in [1.82, 2.24) is 5.32 Å². The van der Waals surface area contributed by atoms with Crippen LogP contribution in [0.1, 0.15) is 22.9 Å². The lowest BCUT2D eigenvalue weighted by atomic mass is 10.1. The molecule has 1 N–H and O–H groups in total. The highest BCUT2D eigenvalue weighted by Crippen LogP contribution is 2.23. The molecule has 1 atom stereocenters. The molecule has 0 radical (unpaired) electrons. The summed E-state index contributed by atoms with van der Waals surface area (Å²) in [6, 6.07) is 9.20. The van der Waals surface area contributed by atoms with Crippen LogP contribution in [0.3, 0.4) is 0 Å². The molecule has 1 aromatic heterocycles. The molecule has 1 amide bonds. The molecule has 1 aromatic carbocycles. The van der Waals surface area contributed by atoms with Crippen LogP contribution in [-0.4, -0.2) is 25.6 Å². The van der Waals surface area contributed by atoms with E-state index in [2.05, 4.69) is 14.8 Å². The van der Waals surface area contributed by atoms with E-state index in [1.165, 1.54) is 36.7 Å². The third-order valence-corrected chi connectivity index (χ3v) is 4.34. The van der Waals surface area contributed by atoms with Gasteiger partial charge in [-0.2, -0.15) is 8.78 Å². The number of benzene rings is 1. The highest BCUT2D eigenvalue weighted by Gasteiger charge is 2.19. The van der Waals surface area contributed by atoms with Crippen LogP contribution in [0, 0.1) is 0 Å². The van der Waals surface area contributed by atoms with Crippen molar-refractivity contribution in [3.8, 4) is 5.75 Å². The topological polar surface area (TPSA) is 64.6 Å². The van der Waals surface area contributed by atoms with Gasteiger partial charge in [0.2, 0.25) is 5.91 Å². The number of nitrogens with one attached hydrogen (secondary N) is 1. The summed E-state index contributed by atoms with van der Waals surface area (Å²) < 4.78 is 33.9. The van der Waals surface area contributed by atoms with Gasteiger partial charge >= 0.3 is 12.6 Å². The number of hydrogen-bond donors (Lipinski definition) is 1. The summed E-state index contributed by atoms with van der Waals surface area (Å²) in [5.41, 5.74) is 0.337. The summed E-state index contributed by atoms with van der Waals surface area (Å²) in [6.07, 6.45) is 2.56. The molecule has 26 heavy (non-hydrogen) atoms. The van der Waals surface area contributed by atoms with E-state index in [0.717, 1.165) is 4.88 Å². The van der Waals surface area contributed by atoms with E-state index in [9.17, 15) is 18.4 Å². The maximum absolute atomic E-state index is 12.4. The fourth-order valence-corrected chi connectivity index (χ4v) is 2.95. The minimum Gasteiger partial charge on any atom is -0.469 e. The molecule has 1 heterocycles. The van der Waals surface area contributed by atoms with Gasteiger partial charge in [-0.3, -0.25) is 9.59 Å². The van der Waals surface area contributed by atoms with Crippen molar-refractivity contribution in [3.63, 3.8) is 0 Å². The normalized spacial score (nSPS) is 12.2. The molecule has 0 saturated carbocycles. The molecule has 0 fully saturated rings. The van der Waals surface area contributed by atoms with E-state index < -0.39 is 24.5 Å². The Labute approximate surface area is 153 Å². The monoisotopic (exact) mass is 381 g/mol. The van der Waals surface area contributed by atoms with Gasteiger partial charge in [-0.1, -0.05) is 24.3 Å². The van der Waals surface area contributed by atoms with Crippen molar-refractivity contribution in [2.45, 2.75) is 19.1 Å². The second kappa shape index (κ2) is 9.67. The molecule has 2 aromatic rings. The fraction of sp³-hybridized carbons (Fsp3) is 0.222. The van der Waals surface area contributed by atoms with E-state index in [1.54, 1.807) is 24.3 Å². The quantitative estimate of drug-likeness (QED) is 0.558. The molecule has 1 unspecified atom stereocenters. The SMILES string of the molecule is COC(=O)CC(NC(=O)/C=C/c1ccccc1OC(F)F)c1cccs1. The van der Waals surface area contributed by atoms with Gasteiger partial charge in [-0.25, -0.2) is 0 Å². The van der Waals surface area contributed by atoms with Crippen LogP contribution in [0.5, 0.6) is 5.75 Å². The molecule has 5 nitrogen and oxygen atoms in total. The van der Waals surface area contributed by atoms with Gasteiger partial charge in [0.25, 0.3) is 0 Å². The summed E-state index contributed by atoms with van der Waals surface area (Å²) in [4.78, 5) is 24.5. The number of thiophene rings is 1. The standard InChI is InChI=1S/C18H17F2NO4S/c1-24-17(23)11-13(15-7-4-10-26-15)21-16(22)9-8-12-5-2-3-6-14(12)25-18(19)20/h2-10,13,18H,11H2,1H3,(H,21,22)/b9-8+. The number of alkyl halides is 2. The predicted molar refractivity (Wildman–Crippen MR) is 93.9 cm³/mol. The van der Waals surface area contributed by atoms with Crippen molar-refractivity contribution in [3.05, 3.63) is 58.3 Å². The molecule has 0 bridgehead atoms. The molecule has 0 aliphatic heterocycles. The minimum absolute atomic E-state index is 0.0122. The molecule has 8 heteroatoms. The Bertz CT molecular complexity index is 762. The van der Waals surface area contributed by atoms with Gasteiger partial charge in [0.05, 0.1) is 19.6 Å².